The zero-order valence-corrected chi connectivity index (χ0v) is 17.1. The number of hydrogen-bond acceptors (Lipinski definition) is 5. The highest BCUT2D eigenvalue weighted by molar-refractivity contribution is 7.94. The van der Waals surface area contributed by atoms with Gasteiger partial charge in [0.15, 0.2) is 0 Å². The number of hydrogen-bond donors (Lipinski definition) is 2. The molecule has 27 heavy (non-hydrogen) atoms. The molecule has 2 N–H and O–H groups in total. The predicted molar refractivity (Wildman–Crippen MR) is 108 cm³/mol. The highest BCUT2D eigenvalue weighted by Crippen LogP contribution is 2.29. The first-order valence-electron chi connectivity index (χ1n) is 7.96. The molecular formula is C18H18N2O4S3. The van der Waals surface area contributed by atoms with E-state index in [1.54, 1.807) is 49.4 Å². The molecular weight excluding hydrogens is 404 g/mol. The summed E-state index contributed by atoms with van der Waals surface area (Å²) in [5.74, 6) is 0. The Morgan fingerprint density at radius 1 is 0.741 bits per heavy atom. The normalized spacial score (nSPS) is 11.9. The molecule has 6 nitrogen and oxygen atoms in total. The van der Waals surface area contributed by atoms with Crippen LogP contribution in [0.3, 0.4) is 0 Å². The van der Waals surface area contributed by atoms with Gasteiger partial charge >= 0.3 is 0 Å². The third-order valence-electron chi connectivity index (χ3n) is 3.73. The van der Waals surface area contributed by atoms with Gasteiger partial charge in [-0.2, -0.15) is 0 Å². The van der Waals surface area contributed by atoms with E-state index in [9.17, 15) is 16.8 Å². The monoisotopic (exact) mass is 422 g/mol. The van der Waals surface area contributed by atoms with Crippen LogP contribution in [0.4, 0.5) is 11.4 Å². The summed E-state index contributed by atoms with van der Waals surface area (Å²) in [6.07, 6.45) is 0. The van der Waals surface area contributed by atoms with Crippen molar-refractivity contribution in [2.45, 2.75) is 23.6 Å². The second kappa shape index (κ2) is 7.34. The third-order valence-corrected chi connectivity index (χ3v) is 7.76. The number of benzene rings is 2. The zero-order chi connectivity index (χ0) is 19.7. The van der Waals surface area contributed by atoms with Crippen LogP contribution < -0.4 is 9.44 Å². The molecule has 1 heterocycles. The van der Waals surface area contributed by atoms with Crippen LogP contribution >= 0.6 is 11.3 Å². The van der Waals surface area contributed by atoms with Gasteiger partial charge in [0.1, 0.15) is 9.79 Å². The summed E-state index contributed by atoms with van der Waals surface area (Å²) >= 11 is 1.37. The molecule has 0 radical (unpaired) electrons. The van der Waals surface area contributed by atoms with Crippen LogP contribution in [-0.4, -0.2) is 16.8 Å². The third kappa shape index (κ3) is 4.32. The average Bonchev–Trinajstić information content (AvgIpc) is 2.95. The van der Waals surface area contributed by atoms with Gasteiger partial charge in [-0.25, -0.2) is 16.8 Å². The van der Waals surface area contributed by atoms with Crippen molar-refractivity contribution < 1.29 is 16.8 Å². The lowest BCUT2D eigenvalue weighted by Crippen LogP contribution is -2.18. The van der Waals surface area contributed by atoms with Gasteiger partial charge in [-0.05, 0) is 44.2 Å². The van der Waals surface area contributed by atoms with Crippen molar-refractivity contribution in [2.75, 3.05) is 9.44 Å². The molecule has 0 saturated heterocycles. The summed E-state index contributed by atoms with van der Waals surface area (Å²) in [6, 6.07) is 15.9. The van der Waals surface area contributed by atoms with E-state index in [4.69, 9.17) is 0 Å². The molecule has 2 aromatic carbocycles. The highest BCUT2D eigenvalue weighted by atomic mass is 32.2. The van der Waals surface area contributed by atoms with Gasteiger partial charge in [0.2, 0.25) is 0 Å². The molecule has 0 aliphatic carbocycles. The van der Waals surface area contributed by atoms with Crippen molar-refractivity contribution in [3.8, 4) is 0 Å². The van der Waals surface area contributed by atoms with E-state index in [0.717, 1.165) is 4.88 Å². The van der Waals surface area contributed by atoms with Crippen LogP contribution in [0.1, 0.15) is 9.75 Å². The van der Waals surface area contributed by atoms with Crippen molar-refractivity contribution in [1.82, 2.24) is 0 Å². The molecule has 0 bridgehead atoms. The molecule has 0 aliphatic rings. The first kappa shape index (κ1) is 19.4. The minimum Gasteiger partial charge on any atom is -0.280 e. The number of anilines is 2. The Bertz CT molecular complexity index is 1170. The Hall–Kier alpha value is -2.36. The Labute approximate surface area is 163 Å². The molecule has 0 atom stereocenters. The maximum atomic E-state index is 12.8. The molecule has 3 aromatic rings. The lowest BCUT2D eigenvalue weighted by atomic mass is 10.3. The summed E-state index contributed by atoms with van der Waals surface area (Å²) in [5, 5.41) is 0. The quantitative estimate of drug-likeness (QED) is 0.629. The van der Waals surface area contributed by atoms with Crippen molar-refractivity contribution in [3.05, 3.63) is 70.4 Å². The van der Waals surface area contributed by atoms with E-state index in [-0.39, 0.29) is 15.5 Å². The van der Waals surface area contributed by atoms with Gasteiger partial charge < -0.3 is 0 Å². The first-order valence-corrected chi connectivity index (χ1v) is 11.7. The van der Waals surface area contributed by atoms with Gasteiger partial charge in [0.05, 0.1) is 5.69 Å². The second-order valence-electron chi connectivity index (χ2n) is 5.85. The van der Waals surface area contributed by atoms with Crippen LogP contribution in [0.2, 0.25) is 0 Å². The Kier molecular flexibility index (Phi) is 5.27. The number of thiophene rings is 1. The van der Waals surface area contributed by atoms with E-state index < -0.39 is 20.0 Å². The first-order chi connectivity index (χ1) is 12.7. The van der Waals surface area contributed by atoms with E-state index in [1.807, 2.05) is 6.92 Å². The van der Waals surface area contributed by atoms with Crippen LogP contribution in [0, 0.1) is 13.8 Å². The van der Waals surface area contributed by atoms with Crippen LogP contribution in [0.25, 0.3) is 0 Å². The minimum absolute atomic E-state index is 0.0100. The average molecular weight is 423 g/mol. The number of aryl methyl sites for hydroxylation is 2. The maximum Gasteiger partial charge on any atom is 0.263 e. The highest BCUT2D eigenvalue weighted by Gasteiger charge is 2.24. The van der Waals surface area contributed by atoms with E-state index >= 15 is 0 Å². The fourth-order valence-electron chi connectivity index (χ4n) is 2.58. The van der Waals surface area contributed by atoms with Crippen molar-refractivity contribution in [3.63, 3.8) is 0 Å². The molecule has 0 amide bonds. The fourth-order valence-corrected chi connectivity index (χ4v) is 6.50. The summed E-state index contributed by atoms with van der Waals surface area (Å²) in [4.78, 5) is 1.50. The molecule has 1 aromatic heterocycles. The zero-order valence-electron chi connectivity index (χ0n) is 14.6. The smallest absolute Gasteiger partial charge is 0.263 e. The molecule has 0 aliphatic heterocycles. The van der Waals surface area contributed by atoms with Crippen molar-refractivity contribution in [2.24, 2.45) is 0 Å². The molecule has 0 unspecified atom stereocenters. The largest absolute Gasteiger partial charge is 0.280 e. The Morgan fingerprint density at radius 3 is 1.96 bits per heavy atom. The number of rotatable bonds is 6. The van der Waals surface area contributed by atoms with E-state index in [0.29, 0.717) is 10.6 Å². The number of para-hydroxylation sites is 2. The van der Waals surface area contributed by atoms with Crippen LogP contribution in [0.5, 0.6) is 0 Å². The van der Waals surface area contributed by atoms with E-state index in [1.165, 1.54) is 29.5 Å². The Morgan fingerprint density at radius 2 is 1.33 bits per heavy atom. The number of nitrogens with one attached hydrogen (secondary N) is 2. The lowest BCUT2D eigenvalue weighted by molar-refractivity contribution is 0.600. The Balaban J connectivity index is 1.98. The minimum atomic E-state index is -3.98. The van der Waals surface area contributed by atoms with Gasteiger partial charge in [0, 0.05) is 15.4 Å². The second-order valence-corrected chi connectivity index (χ2v) is 10.6. The van der Waals surface area contributed by atoms with Gasteiger partial charge in [-0.3, -0.25) is 9.44 Å². The molecule has 9 heteroatoms. The number of sulfonamides is 2. The predicted octanol–water partition coefficient (Wildman–Crippen LogP) is 3.97. The van der Waals surface area contributed by atoms with Crippen LogP contribution in [-0.2, 0) is 20.0 Å². The molecule has 3 rings (SSSR count). The summed E-state index contributed by atoms with van der Waals surface area (Å²) in [7, 11) is -7.89. The lowest BCUT2D eigenvalue weighted by Gasteiger charge is -2.14. The summed E-state index contributed by atoms with van der Waals surface area (Å²) in [5.41, 5.74) is 0.378. The summed E-state index contributed by atoms with van der Waals surface area (Å²) in [6.45, 7) is 3.53. The maximum absolute atomic E-state index is 12.8. The fraction of sp³-hybridized carbons (Fsp3) is 0.111. The molecule has 0 fully saturated rings. The van der Waals surface area contributed by atoms with Gasteiger partial charge in [-0.1, -0.05) is 30.3 Å². The molecule has 0 spiro atoms. The van der Waals surface area contributed by atoms with Crippen molar-refractivity contribution >= 4 is 42.8 Å². The molecule has 142 valence electrons. The van der Waals surface area contributed by atoms with Gasteiger partial charge in [-0.15, -0.1) is 11.3 Å². The topological polar surface area (TPSA) is 92.3 Å². The molecule has 0 saturated carbocycles. The van der Waals surface area contributed by atoms with E-state index in [2.05, 4.69) is 9.44 Å². The van der Waals surface area contributed by atoms with Crippen molar-refractivity contribution in [1.29, 1.82) is 0 Å². The van der Waals surface area contributed by atoms with Gasteiger partial charge in [0.25, 0.3) is 20.0 Å². The SMILES string of the molecule is Cc1cc(S(=O)(=O)Nc2ccccc2S(=O)(=O)Nc2ccccc2)c(C)s1. The summed E-state index contributed by atoms with van der Waals surface area (Å²) < 4.78 is 55.9. The standard InChI is InChI=1S/C18H18N2O4S3/c1-13-12-18(14(2)25-13)27(23,24)20-16-10-6-7-11-17(16)26(21,22)19-15-8-4-3-5-9-15/h3-12,19-20H,1-2H3. The van der Waals surface area contributed by atoms with Crippen LogP contribution in [0.15, 0.2) is 70.5 Å².